The van der Waals surface area contributed by atoms with Crippen molar-refractivity contribution >= 4 is 0 Å². The number of nitrogens with zero attached hydrogens (tertiary/aromatic N) is 3. The van der Waals surface area contributed by atoms with Gasteiger partial charge in [-0.2, -0.15) is 0 Å². The molecule has 0 radical (unpaired) electrons. The standard InChI is InChI=1S/C13H15N3O3/c14-16-15-11-6-7-19-12(13(11)17)9-18-8-10-4-2-1-3-5-10/h1-7,11-13,17H,8-9H2/t11-,12+,13-/m0/s1. The molecule has 1 aliphatic rings. The summed E-state index contributed by atoms with van der Waals surface area (Å²) in [6.45, 7) is 0.682. The summed E-state index contributed by atoms with van der Waals surface area (Å²) in [5.41, 5.74) is 9.44. The Kier molecular flexibility index (Phi) is 4.80. The Morgan fingerprint density at radius 1 is 1.37 bits per heavy atom. The van der Waals surface area contributed by atoms with E-state index >= 15 is 0 Å². The SMILES string of the molecule is [N-]=[N+]=N[C@H]1C=CO[C@H](COCc2ccccc2)[C@H]1O. The Balaban J connectivity index is 1.83. The summed E-state index contributed by atoms with van der Waals surface area (Å²) in [5, 5.41) is 13.4. The highest BCUT2D eigenvalue weighted by Gasteiger charge is 2.29. The van der Waals surface area contributed by atoms with Gasteiger partial charge in [0.05, 0.1) is 25.5 Å². The number of rotatable bonds is 5. The minimum absolute atomic E-state index is 0.234. The zero-order valence-corrected chi connectivity index (χ0v) is 10.3. The molecule has 6 heteroatoms. The third-order valence-electron chi connectivity index (χ3n) is 2.84. The maximum atomic E-state index is 9.94. The van der Waals surface area contributed by atoms with Crippen LogP contribution in [-0.4, -0.2) is 30.0 Å². The molecule has 0 amide bonds. The van der Waals surface area contributed by atoms with Gasteiger partial charge in [0.15, 0.2) is 0 Å². The molecule has 2 rings (SSSR count). The van der Waals surface area contributed by atoms with Crippen LogP contribution >= 0.6 is 0 Å². The molecular formula is C13H15N3O3. The first kappa shape index (κ1) is 13.4. The second-order valence-corrected chi connectivity index (χ2v) is 4.19. The van der Waals surface area contributed by atoms with E-state index in [1.54, 1.807) is 0 Å². The molecule has 0 saturated carbocycles. The van der Waals surface area contributed by atoms with Crippen molar-refractivity contribution in [3.63, 3.8) is 0 Å². The van der Waals surface area contributed by atoms with Crippen LogP contribution in [0.2, 0.25) is 0 Å². The maximum Gasteiger partial charge on any atom is 0.147 e. The molecule has 1 aliphatic heterocycles. The molecule has 100 valence electrons. The molecule has 0 bridgehead atoms. The molecule has 0 aromatic heterocycles. The number of aliphatic hydroxyl groups excluding tert-OH is 1. The van der Waals surface area contributed by atoms with Crippen molar-refractivity contribution < 1.29 is 14.6 Å². The highest BCUT2D eigenvalue weighted by atomic mass is 16.5. The Morgan fingerprint density at radius 2 is 2.16 bits per heavy atom. The number of hydrogen-bond acceptors (Lipinski definition) is 4. The smallest absolute Gasteiger partial charge is 0.147 e. The Hall–Kier alpha value is -2.01. The summed E-state index contributed by atoms with van der Waals surface area (Å²) in [4.78, 5) is 2.69. The van der Waals surface area contributed by atoms with E-state index in [-0.39, 0.29) is 6.61 Å². The predicted molar refractivity (Wildman–Crippen MR) is 69.1 cm³/mol. The van der Waals surface area contributed by atoms with Crippen molar-refractivity contribution in [1.82, 2.24) is 0 Å². The summed E-state index contributed by atoms with van der Waals surface area (Å²) in [6, 6.07) is 9.12. The summed E-state index contributed by atoms with van der Waals surface area (Å²) >= 11 is 0. The van der Waals surface area contributed by atoms with Crippen LogP contribution < -0.4 is 0 Å². The highest BCUT2D eigenvalue weighted by molar-refractivity contribution is 5.13. The molecule has 0 aliphatic carbocycles. The number of benzene rings is 1. The molecule has 6 nitrogen and oxygen atoms in total. The number of hydrogen-bond donors (Lipinski definition) is 1. The van der Waals surface area contributed by atoms with Crippen molar-refractivity contribution in [3.05, 3.63) is 58.7 Å². The molecule has 19 heavy (non-hydrogen) atoms. The third kappa shape index (κ3) is 3.72. The average Bonchev–Trinajstić information content (AvgIpc) is 2.44. The van der Waals surface area contributed by atoms with Gasteiger partial charge in [0.1, 0.15) is 12.2 Å². The maximum absolute atomic E-state index is 9.94. The van der Waals surface area contributed by atoms with E-state index in [4.69, 9.17) is 15.0 Å². The molecule has 0 fully saturated rings. The van der Waals surface area contributed by atoms with Crippen molar-refractivity contribution in [3.8, 4) is 0 Å². The van der Waals surface area contributed by atoms with Gasteiger partial charge in [0.25, 0.3) is 0 Å². The summed E-state index contributed by atoms with van der Waals surface area (Å²) in [7, 11) is 0. The van der Waals surface area contributed by atoms with E-state index in [2.05, 4.69) is 10.0 Å². The number of azide groups is 1. The molecule has 1 N–H and O–H groups in total. The molecule has 1 heterocycles. The number of ether oxygens (including phenoxy) is 2. The van der Waals surface area contributed by atoms with Crippen LogP contribution in [0.3, 0.4) is 0 Å². The Morgan fingerprint density at radius 3 is 2.89 bits per heavy atom. The Labute approximate surface area is 110 Å². The fraction of sp³-hybridized carbons (Fsp3) is 0.385. The van der Waals surface area contributed by atoms with Crippen molar-refractivity contribution in [2.75, 3.05) is 6.61 Å². The molecule has 3 atom stereocenters. The van der Waals surface area contributed by atoms with Crippen LogP contribution in [0.15, 0.2) is 47.8 Å². The van der Waals surface area contributed by atoms with Crippen molar-refractivity contribution in [1.29, 1.82) is 0 Å². The van der Waals surface area contributed by atoms with Gasteiger partial charge in [0, 0.05) is 4.91 Å². The first-order chi connectivity index (χ1) is 9.31. The van der Waals surface area contributed by atoms with Gasteiger partial charge >= 0.3 is 0 Å². The van der Waals surface area contributed by atoms with Crippen molar-refractivity contribution in [2.45, 2.75) is 24.9 Å². The van der Waals surface area contributed by atoms with E-state index in [9.17, 15) is 5.11 Å². The first-order valence-electron chi connectivity index (χ1n) is 5.97. The summed E-state index contributed by atoms with van der Waals surface area (Å²) in [6.07, 6.45) is 1.54. The van der Waals surface area contributed by atoms with Gasteiger partial charge in [0.2, 0.25) is 0 Å². The second kappa shape index (κ2) is 6.80. The van der Waals surface area contributed by atoms with Crippen LogP contribution in [0.5, 0.6) is 0 Å². The van der Waals surface area contributed by atoms with Gasteiger partial charge in [-0.05, 0) is 17.2 Å². The van der Waals surface area contributed by atoms with Crippen LogP contribution in [0.25, 0.3) is 10.4 Å². The second-order valence-electron chi connectivity index (χ2n) is 4.19. The van der Waals surface area contributed by atoms with E-state index in [1.165, 1.54) is 12.3 Å². The molecular weight excluding hydrogens is 246 g/mol. The van der Waals surface area contributed by atoms with Crippen molar-refractivity contribution in [2.24, 2.45) is 5.11 Å². The van der Waals surface area contributed by atoms with Crippen LogP contribution in [-0.2, 0) is 16.1 Å². The van der Waals surface area contributed by atoms with Crippen LogP contribution in [0, 0.1) is 0 Å². The van der Waals surface area contributed by atoms with E-state index in [0.717, 1.165) is 5.56 Å². The lowest BCUT2D eigenvalue weighted by Crippen LogP contribution is -2.41. The highest BCUT2D eigenvalue weighted by Crippen LogP contribution is 2.16. The largest absolute Gasteiger partial charge is 0.493 e. The molecule has 0 unspecified atom stereocenters. The van der Waals surface area contributed by atoms with Gasteiger partial charge < -0.3 is 14.6 Å². The number of aliphatic hydroxyl groups is 1. The minimum atomic E-state index is -0.892. The molecule has 1 aromatic carbocycles. The third-order valence-corrected chi connectivity index (χ3v) is 2.84. The van der Waals surface area contributed by atoms with Gasteiger partial charge in [-0.25, -0.2) is 0 Å². The fourth-order valence-electron chi connectivity index (χ4n) is 1.81. The normalized spacial score (nSPS) is 25.4. The van der Waals surface area contributed by atoms with Crippen LogP contribution in [0.1, 0.15) is 5.56 Å². The monoisotopic (exact) mass is 261 g/mol. The van der Waals surface area contributed by atoms with E-state index in [0.29, 0.717) is 6.61 Å². The lowest BCUT2D eigenvalue weighted by atomic mass is 10.1. The molecule has 0 saturated heterocycles. The lowest BCUT2D eigenvalue weighted by molar-refractivity contribution is -0.0615. The first-order valence-corrected chi connectivity index (χ1v) is 5.97. The lowest BCUT2D eigenvalue weighted by Gasteiger charge is -2.28. The summed E-state index contributed by atoms with van der Waals surface area (Å²) in [5.74, 6) is 0. The van der Waals surface area contributed by atoms with Gasteiger partial charge in [-0.1, -0.05) is 35.4 Å². The van der Waals surface area contributed by atoms with Gasteiger partial charge in [-0.15, -0.1) is 0 Å². The molecule has 1 aromatic rings. The zero-order valence-electron chi connectivity index (χ0n) is 10.3. The topological polar surface area (TPSA) is 87.5 Å². The van der Waals surface area contributed by atoms with E-state index < -0.39 is 18.2 Å². The van der Waals surface area contributed by atoms with Gasteiger partial charge in [-0.3, -0.25) is 0 Å². The van der Waals surface area contributed by atoms with E-state index in [1.807, 2.05) is 30.3 Å². The van der Waals surface area contributed by atoms with Crippen LogP contribution in [0.4, 0.5) is 0 Å². The minimum Gasteiger partial charge on any atom is -0.493 e. The summed E-state index contributed by atoms with van der Waals surface area (Å²) < 4.78 is 10.8. The zero-order chi connectivity index (χ0) is 13.5. The molecule has 0 spiro atoms. The average molecular weight is 261 g/mol. The Bertz CT molecular complexity index is 471. The fourth-order valence-corrected chi connectivity index (χ4v) is 1.81. The predicted octanol–water partition coefficient (Wildman–Crippen LogP) is 2.16. The quantitative estimate of drug-likeness (QED) is 0.500.